The average Bonchev–Trinajstić information content (AvgIpc) is 3.06. The van der Waals surface area contributed by atoms with Crippen LogP contribution >= 0.6 is 0 Å². The minimum atomic E-state index is -0.901. The summed E-state index contributed by atoms with van der Waals surface area (Å²) in [6.07, 6.45) is 3.63. The summed E-state index contributed by atoms with van der Waals surface area (Å²) in [5, 5.41) is 8.01. The van der Waals surface area contributed by atoms with Crippen LogP contribution in [0.1, 0.15) is 49.4 Å². The zero-order valence-corrected chi connectivity index (χ0v) is 14.3. The summed E-state index contributed by atoms with van der Waals surface area (Å²) in [6, 6.07) is 6.76. The van der Waals surface area contributed by atoms with Crippen LogP contribution in [0.5, 0.6) is 0 Å². The highest BCUT2D eigenvalue weighted by Crippen LogP contribution is 2.48. The molecule has 4 rings (SSSR count). The monoisotopic (exact) mass is 358 g/mol. The summed E-state index contributed by atoms with van der Waals surface area (Å²) in [4.78, 5) is 15.2. The minimum absolute atomic E-state index is 0.101. The Bertz CT molecular complexity index is 836. The summed E-state index contributed by atoms with van der Waals surface area (Å²) < 4.78 is 27.7. The maximum atomic E-state index is 14.4. The maximum Gasteiger partial charge on any atom is 0.233 e. The number of rotatable bonds is 3. The summed E-state index contributed by atoms with van der Waals surface area (Å²) in [5.74, 6) is -1.06. The lowest BCUT2D eigenvalue weighted by molar-refractivity contribution is -0.142. The number of amides is 1. The van der Waals surface area contributed by atoms with Gasteiger partial charge in [0, 0.05) is 18.2 Å². The Labute approximate surface area is 150 Å². The number of anilines is 1. The van der Waals surface area contributed by atoms with Crippen molar-refractivity contribution < 1.29 is 13.6 Å². The summed E-state index contributed by atoms with van der Waals surface area (Å²) >= 11 is 0. The Balaban J connectivity index is 1.67. The fourth-order valence-electron chi connectivity index (χ4n) is 4.13. The minimum Gasteiger partial charge on any atom is -0.382 e. The molecule has 1 aromatic heterocycles. The van der Waals surface area contributed by atoms with Gasteiger partial charge in [0.2, 0.25) is 5.91 Å². The molecule has 1 unspecified atom stereocenters. The van der Waals surface area contributed by atoms with Crippen molar-refractivity contribution in [2.75, 3.05) is 12.3 Å². The van der Waals surface area contributed by atoms with Crippen molar-refractivity contribution in [3.8, 4) is 0 Å². The molecule has 1 atom stereocenters. The van der Waals surface area contributed by atoms with Gasteiger partial charge in [0.15, 0.2) is 0 Å². The van der Waals surface area contributed by atoms with E-state index in [2.05, 4.69) is 10.2 Å². The molecular formula is C19H20F2N4O. The lowest BCUT2D eigenvalue weighted by atomic mass is 9.63. The van der Waals surface area contributed by atoms with Gasteiger partial charge in [-0.3, -0.25) is 4.79 Å². The van der Waals surface area contributed by atoms with Gasteiger partial charge in [0.05, 0.1) is 17.2 Å². The smallest absolute Gasteiger partial charge is 0.233 e. The fraction of sp³-hybridized carbons (Fsp3) is 0.421. The van der Waals surface area contributed by atoms with Gasteiger partial charge in [0.1, 0.15) is 17.5 Å². The number of nitrogens with zero attached hydrogens (tertiary/aromatic N) is 3. The van der Waals surface area contributed by atoms with Gasteiger partial charge in [0.25, 0.3) is 0 Å². The Kier molecular flexibility index (Phi) is 4.09. The van der Waals surface area contributed by atoms with E-state index in [1.165, 1.54) is 12.1 Å². The number of likely N-dealkylation sites (tertiary alicyclic amines) is 1. The van der Waals surface area contributed by atoms with Crippen molar-refractivity contribution in [1.29, 1.82) is 0 Å². The van der Waals surface area contributed by atoms with Crippen molar-refractivity contribution in [3.05, 3.63) is 53.2 Å². The molecule has 1 aliphatic carbocycles. The zero-order chi connectivity index (χ0) is 18.3. The van der Waals surface area contributed by atoms with Gasteiger partial charge in [-0.25, -0.2) is 8.78 Å². The molecule has 0 radical (unpaired) electrons. The van der Waals surface area contributed by atoms with E-state index in [4.69, 9.17) is 5.73 Å². The quantitative estimate of drug-likeness (QED) is 0.915. The lowest BCUT2D eigenvalue weighted by Gasteiger charge is -2.44. The van der Waals surface area contributed by atoms with Gasteiger partial charge in [-0.2, -0.15) is 5.10 Å². The molecule has 7 heteroatoms. The van der Waals surface area contributed by atoms with Crippen LogP contribution in [-0.2, 0) is 10.2 Å². The molecule has 1 saturated carbocycles. The molecule has 1 saturated heterocycles. The highest BCUT2D eigenvalue weighted by Gasteiger charge is 2.51. The van der Waals surface area contributed by atoms with E-state index in [9.17, 15) is 13.6 Å². The van der Waals surface area contributed by atoms with Gasteiger partial charge in [-0.1, -0.05) is 12.5 Å². The van der Waals surface area contributed by atoms with Crippen LogP contribution in [0.3, 0.4) is 0 Å². The SMILES string of the molecule is Nc1ccc(C2CCCN2C(=O)C2(c3ccc(F)cc3F)CCC2)nn1. The summed E-state index contributed by atoms with van der Waals surface area (Å²) in [6.45, 7) is 0.597. The first-order valence-corrected chi connectivity index (χ1v) is 8.87. The second-order valence-corrected chi connectivity index (χ2v) is 7.10. The number of aromatic nitrogens is 2. The van der Waals surface area contributed by atoms with Crippen molar-refractivity contribution in [1.82, 2.24) is 15.1 Å². The van der Waals surface area contributed by atoms with E-state index in [0.717, 1.165) is 25.3 Å². The van der Waals surface area contributed by atoms with Crippen LogP contribution in [0.15, 0.2) is 30.3 Å². The molecule has 5 nitrogen and oxygen atoms in total. The van der Waals surface area contributed by atoms with E-state index in [1.54, 1.807) is 17.0 Å². The number of carbonyl (C=O) groups excluding carboxylic acids is 1. The van der Waals surface area contributed by atoms with Crippen LogP contribution in [0.4, 0.5) is 14.6 Å². The average molecular weight is 358 g/mol. The molecule has 136 valence electrons. The predicted octanol–water partition coefficient (Wildman–Crippen LogP) is 3.12. The van der Waals surface area contributed by atoms with E-state index in [-0.39, 0.29) is 11.9 Å². The lowest BCUT2D eigenvalue weighted by Crippen LogP contribution is -2.51. The third kappa shape index (κ3) is 2.62. The van der Waals surface area contributed by atoms with E-state index in [0.29, 0.717) is 36.5 Å². The van der Waals surface area contributed by atoms with Gasteiger partial charge in [-0.05, 0) is 43.9 Å². The first-order chi connectivity index (χ1) is 12.5. The standard InChI is InChI=1S/C19H20F2N4O/c20-12-4-5-13(14(21)11-12)19(8-2-9-19)18(26)25-10-1-3-16(25)15-6-7-17(22)24-23-15/h4-7,11,16H,1-3,8-10H2,(H2,22,24). The maximum absolute atomic E-state index is 14.4. The zero-order valence-electron chi connectivity index (χ0n) is 14.3. The predicted molar refractivity (Wildman–Crippen MR) is 92.0 cm³/mol. The topological polar surface area (TPSA) is 72.1 Å². The molecule has 2 heterocycles. The van der Waals surface area contributed by atoms with E-state index < -0.39 is 17.0 Å². The number of carbonyl (C=O) groups is 1. The molecule has 2 aliphatic rings. The van der Waals surface area contributed by atoms with E-state index >= 15 is 0 Å². The molecule has 1 aromatic carbocycles. The first-order valence-electron chi connectivity index (χ1n) is 8.87. The second kappa shape index (κ2) is 6.30. The summed E-state index contributed by atoms with van der Waals surface area (Å²) in [5.41, 5.74) is 5.69. The van der Waals surface area contributed by atoms with E-state index in [1.807, 2.05) is 0 Å². The normalized spacial score (nSPS) is 21.5. The molecule has 0 bridgehead atoms. The third-order valence-corrected chi connectivity index (χ3v) is 5.62. The van der Waals surface area contributed by atoms with Crippen LogP contribution < -0.4 is 5.73 Å². The largest absolute Gasteiger partial charge is 0.382 e. The number of benzene rings is 1. The molecule has 0 spiro atoms. The summed E-state index contributed by atoms with van der Waals surface area (Å²) in [7, 11) is 0. The molecule has 26 heavy (non-hydrogen) atoms. The Hall–Kier alpha value is -2.57. The van der Waals surface area contributed by atoms with Crippen LogP contribution in [-0.4, -0.2) is 27.5 Å². The van der Waals surface area contributed by atoms with Crippen molar-refractivity contribution in [3.63, 3.8) is 0 Å². The van der Waals surface area contributed by atoms with Crippen LogP contribution in [0, 0.1) is 11.6 Å². The van der Waals surface area contributed by atoms with Gasteiger partial charge in [-0.15, -0.1) is 5.10 Å². The van der Waals surface area contributed by atoms with Gasteiger partial charge < -0.3 is 10.6 Å². The first kappa shape index (κ1) is 16.9. The number of nitrogens with two attached hydrogens (primary N) is 1. The molecule has 2 N–H and O–H groups in total. The molecule has 2 fully saturated rings. The molecule has 1 aliphatic heterocycles. The highest BCUT2D eigenvalue weighted by atomic mass is 19.1. The van der Waals surface area contributed by atoms with Crippen molar-refractivity contribution >= 4 is 11.7 Å². The Morgan fingerprint density at radius 2 is 1.96 bits per heavy atom. The molecular weight excluding hydrogens is 338 g/mol. The molecule has 1 amide bonds. The second-order valence-electron chi connectivity index (χ2n) is 7.10. The van der Waals surface area contributed by atoms with Crippen LogP contribution in [0.25, 0.3) is 0 Å². The fourth-order valence-corrected chi connectivity index (χ4v) is 4.13. The van der Waals surface area contributed by atoms with Crippen molar-refractivity contribution in [2.24, 2.45) is 0 Å². The number of hydrogen-bond acceptors (Lipinski definition) is 4. The molecule has 2 aromatic rings. The van der Waals surface area contributed by atoms with Crippen molar-refractivity contribution in [2.45, 2.75) is 43.6 Å². The van der Waals surface area contributed by atoms with Crippen LogP contribution in [0.2, 0.25) is 0 Å². The Morgan fingerprint density at radius 3 is 2.58 bits per heavy atom. The highest BCUT2D eigenvalue weighted by molar-refractivity contribution is 5.90. The number of halogens is 2. The van der Waals surface area contributed by atoms with Gasteiger partial charge >= 0.3 is 0 Å². The number of nitrogen functional groups attached to an aromatic ring is 1. The number of hydrogen-bond donors (Lipinski definition) is 1. The Morgan fingerprint density at radius 1 is 1.15 bits per heavy atom. The third-order valence-electron chi connectivity index (χ3n) is 5.62.